The van der Waals surface area contributed by atoms with Crippen LogP contribution in [0.15, 0.2) is 46.2 Å². The summed E-state index contributed by atoms with van der Waals surface area (Å²) in [6, 6.07) is 4.66. The number of nitrogens with zero attached hydrogens (tertiary/aromatic N) is 2. The third-order valence-electron chi connectivity index (χ3n) is 2.66. The summed E-state index contributed by atoms with van der Waals surface area (Å²) >= 11 is 4.65. The van der Waals surface area contributed by atoms with E-state index >= 15 is 0 Å². The van der Waals surface area contributed by atoms with Gasteiger partial charge in [0, 0.05) is 28.5 Å². The molecule has 0 aliphatic heterocycles. The second kappa shape index (κ2) is 6.76. The molecule has 1 aromatic heterocycles. The molecule has 1 aromatic carbocycles. The van der Waals surface area contributed by atoms with E-state index in [0.717, 1.165) is 4.47 Å². The third-order valence-corrected chi connectivity index (χ3v) is 3.74. The number of thiazole rings is 1. The smallest absolute Gasteiger partial charge is 0.273 e. The summed E-state index contributed by atoms with van der Waals surface area (Å²) in [7, 11) is 0. The highest BCUT2D eigenvalue weighted by atomic mass is 79.9. The molecule has 0 unspecified atom stereocenters. The fraction of sp³-hybridized carbons (Fsp3) is 0.143. The van der Waals surface area contributed by atoms with Crippen molar-refractivity contribution in [1.82, 2.24) is 9.88 Å². The van der Waals surface area contributed by atoms with E-state index in [4.69, 9.17) is 0 Å². The molecular formula is C14H12BrFN2OS. The molecule has 0 atom stereocenters. The lowest BCUT2D eigenvalue weighted by atomic mass is 10.2. The van der Waals surface area contributed by atoms with Gasteiger partial charge in [-0.25, -0.2) is 9.37 Å². The van der Waals surface area contributed by atoms with Crippen LogP contribution in [-0.2, 0) is 6.54 Å². The predicted octanol–water partition coefficient (Wildman–Crippen LogP) is 3.87. The van der Waals surface area contributed by atoms with Crippen LogP contribution in [0.25, 0.3) is 0 Å². The van der Waals surface area contributed by atoms with Crippen LogP contribution in [0.2, 0.25) is 0 Å². The summed E-state index contributed by atoms with van der Waals surface area (Å²) in [6.45, 7) is 4.14. The number of hydrogen-bond donors (Lipinski definition) is 0. The second-order valence-corrected chi connectivity index (χ2v) is 5.72. The molecule has 2 rings (SSSR count). The van der Waals surface area contributed by atoms with Crippen molar-refractivity contribution in [3.05, 3.63) is 63.3 Å². The Hall–Kier alpha value is -1.53. The van der Waals surface area contributed by atoms with Crippen LogP contribution < -0.4 is 0 Å². The molecule has 0 saturated carbocycles. The molecule has 1 amide bonds. The van der Waals surface area contributed by atoms with Crippen molar-refractivity contribution in [2.75, 3.05) is 6.54 Å². The Morgan fingerprint density at radius 1 is 1.55 bits per heavy atom. The monoisotopic (exact) mass is 354 g/mol. The second-order valence-electron chi connectivity index (χ2n) is 4.08. The molecule has 0 fully saturated rings. The SMILES string of the molecule is C=CCN(Cc1cc(Br)ccc1F)C(=O)c1cscn1. The molecule has 1 heterocycles. The highest BCUT2D eigenvalue weighted by molar-refractivity contribution is 9.10. The number of carbonyl (C=O) groups excluding carboxylic acids is 1. The average Bonchev–Trinajstić information content (AvgIpc) is 2.95. The van der Waals surface area contributed by atoms with Gasteiger partial charge >= 0.3 is 0 Å². The zero-order valence-corrected chi connectivity index (χ0v) is 13.0. The van der Waals surface area contributed by atoms with Crippen molar-refractivity contribution in [2.24, 2.45) is 0 Å². The molecule has 0 spiro atoms. The fourth-order valence-electron chi connectivity index (χ4n) is 1.73. The normalized spacial score (nSPS) is 10.3. The van der Waals surface area contributed by atoms with Crippen molar-refractivity contribution < 1.29 is 9.18 Å². The number of halogens is 2. The number of benzene rings is 1. The molecular weight excluding hydrogens is 343 g/mol. The Balaban J connectivity index is 2.23. The van der Waals surface area contributed by atoms with Crippen molar-refractivity contribution in [2.45, 2.75) is 6.54 Å². The molecule has 104 valence electrons. The maximum atomic E-state index is 13.8. The van der Waals surface area contributed by atoms with Crippen LogP contribution in [-0.4, -0.2) is 22.3 Å². The first-order chi connectivity index (χ1) is 9.61. The van der Waals surface area contributed by atoms with Gasteiger partial charge in [0.2, 0.25) is 0 Å². The Labute approximate surface area is 128 Å². The minimum Gasteiger partial charge on any atom is -0.329 e. The lowest BCUT2D eigenvalue weighted by Gasteiger charge is -2.20. The van der Waals surface area contributed by atoms with Gasteiger partial charge in [-0.1, -0.05) is 22.0 Å². The molecule has 0 aliphatic rings. The van der Waals surface area contributed by atoms with Crippen LogP contribution in [0.4, 0.5) is 4.39 Å². The molecule has 2 aromatic rings. The van der Waals surface area contributed by atoms with Crippen LogP contribution in [0.3, 0.4) is 0 Å². The Morgan fingerprint density at radius 2 is 2.35 bits per heavy atom. The first-order valence-corrected chi connectivity index (χ1v) is 7.57. The van der Waals surface area contributed by atoms with Gasteiger partial charge < -0.3 is 4.90 Å². The first-order valence-electron chi connectivity index (χ1n) is 5.84. The van der Waals surface area contributed by atoms with E-state index in [1.54, 1.807) is 29.1 Å². The Morgan fingerprint density at radius 3 is 3.00 bits per heavy atom. The number of rotatable bonds is 5. The molecule has 0 saturated heterocycles. The molecule has 20 heavy (non-hydrogen) atoms. The summed E-state index contributed by atoms with van der Waals surface area (Å²) in [4.78, 5) is 17.8. The Kier molecular flexibility index (Phi) is 5.03. The zero-order valence-electron chi connectivity index (χ0n) is 10.6. The summed E-state index contributed by atoms with van der Waals surface area (Å²) in [5, 5.41) is 1.68. The highest BCUT2D eigenvalue weighted by Gasteiger charge is 2.18. The molecule has 3 nitrogen and oxygen atoms in total. The Bertz CT molecular complexity index is 616. The van der Waals surface area contributed by atoms with E-state index < -0.39 is 0 Å². The van der Waals surface area contributed by atoms with Gasteiger partial charge in [-0.15, -0.1) is 17.9 Å². The van der Waals surface area contributed by atoms with Crippen molar-refractivity contribution >= 4 is 33.2 Å². The predicted molar refractivity (Wildman–Crippen MR) is 81.2 cm³/mol. The van der Waals surface area contributed by atoms with E-state index in [-0.39, 0.29) is 18.3 Å². The lowest BCUT2D eigenvalue weighted by molar-refractivity contribution is 0.0756. The number of aromatic nitrogens is 1. The first kappa shape index (κ1) is 14.9. The van der Waals surface area contributed by atoms with Gasteiger partial charge in [0.1, 0.15) is 11.5 Å². The van der Waals surface area contributed by atoms with Crippen LogP contribution >= 0.6 is 27.3 Å². The lowest BCUT2D eigenvalue weighted by Crippen LogP contribution is -2.31. The molecule has 0 N–H and O–H groups in total. The van der Waals surface area contributed by atoms with E-state index in [9.17, 15) is 9.18 Å². The average molecular weight is 355 g/mol. The van der Waals surface area contributed by atoms with E-state index in [2.05, 4.69) is 27.5 Å². The van der Waals surface area contributed by atoms with Gasteiger partial charge in [-0.2, -0.15) is 0 Å². The molecule has 0 radical (unpaired) electrons. The van der Waals surface area contributed by atoms with Crippen molar-refractivity contribution in [3.63, 3.8) is 0 Å². The maximum Gasteiger partial charge on any atom is 0.273 e. The number of amides is 1. The van der Waals surface area contributed by atoms with E-state index in [0.29, 0.717) is 17.8 Å². The van der Waals surface area contributed by atoms with E-state index in [1.165, 1.54) is 22.3 Å². The topological polar surface area (TPSA) is 33.2 Å². The van der Waals surface area contributed by atoms with Gasteiger partial charge in [0.05, 0.1) is 5.51 Å². The summed E-state index contributed by atoms with van der Waals surface area (Å²) in [5.41, 5.74) is 2.41. The van der Waals surface area contributed by atoms with Crippen molar-refractivity contribution in [3.8, 4) is 0 Å². The summed E-state index contributed by atoms with van der Waals surface area (Å²) in [5.74, 6) is -0.570. The minimum absolute atomic E-state index is 0.174. The molecule has 0 bridgehead atoms. The molecule has 0 aliphatic carbocycles. The van der Waals surface area contributed by atoms with Gasteiger partial charge in [-0.3, -0.25) is 4.79 Å². The quantitative estimate of drug-likeness (QED) is 0.763. The molecule has 6 heteroatoms. The zero-order chi connectivity index (χ0) is 14.5. The standard InChI is InChI=1S/C14H12BrFN2OS/c1-2-5-18(14(19)13-8-20-9-17-13)7-10-6-11(15)3-4-12(10)16/h2-4,6,8-9H,1,5,7H2. The number of hydrogen-bond acceptors (Lipinski definition) is 3. The van der Waals surface area contributed by atoms with Gasteiger partial charge in [0.15, 0.2) is 0 Å². The fourth-order valence-corrected chi connectivity index (χ4v) is 2.66. The largest absolute Gasteiger partial charge is 0.329 e. The third kappa shape index (κ3) is 3.52. The van der Waals surface area contributed by atoms with Crippen LogP contribution in [0.1, 0.15) is 16.1 Å². The van der Waals surface area contributed by atoms with Crippen LogP contribution in [0.5, 0.6) is 0 Å². The van der Waals surface area contributed by atoms with Crippen molar-refractivity contribution in [1.29, 1.82) is 0 Å². The number of carbonyl (C=O) groups is 1. The summed E-state index contributed by atoms with van der Waals surface area (Å²) < 4.78 is 14.5. The maximum absolute atomic E-state index is 13.8. The van der Waals surface area contributed by atoms with E-state index in [1.807, 2.05) is 0 Å². The minimum atomic E-state index is -0.339. The summed E-state index contributed by atoms with van der Waals surface area (Å²) in [6.07, 6.45) is 1.61. The highest BCUT2D eigenvalue weighted by Crippen LogP contribution is 2.18. The van der Waals surface area contributed by atoms with Crippen LogP contribution in [0, 0.1) is 5.82 Å². The van der Waals surface area contributed by atoms with Gasteiger partial charge in [0.25, 0.3) is 5.91 Å². The van der Waals surface area contributed by atoms with Gasteiger partial charge in [-0.05, 0) is 18.2 Å².